The van der Waals surface area contributed by atoms with Gasteiger partial charge in [0.25, 0.3) is 0 Å². The fourth-order valence-corrected chi connectivity index (χ4v) is 2.53. The van der Waals surface area contributed by atoms with Gasteiger partial charge in [0.2, 0.25) is 0 Å². The van der Waals surface area contributed by atoms with Gasteiger partial charge < -0.3 is 22.9 Å². The van der Waals surface area contributed by atoms with Crippen LogP contribution >= 0.6 is 0 Å². The van der Waals surface area contributed by atoms with Gasteiger partial charge in [0, 0.05) is 35.1 Å². The lowest BCUT2D eigenvalue weighted by Gasteiger charge is -2.04. The number of nitrogens with two attached hydrogens (primary N) is 4. The van der Waals surface area contributed by atoms with E-state index in [0.29, 0.717) is 22.3 Å². The van der Waals surface area contributed by atoms with Crippen LogP contribution in [0.25, 0.3) is 0 Å². The Morgan fingerprint density at radius 1 is 0.731 bits per heavy atom. The largest absolute Gasteiger partial charge is 0.384 e. The van der Waals surface area contributed by atoms with E-state index >= 15 is 0 Å². The van der Waals surface area contributed by atoms with Crippen LogP contribution in [-0.2, 0) is 12.8 Å². The number of benzene rings is 1. The quantitative estimate of drug-likeness (QED) is 0.340. The topological polar surface area (TPSA) is 196 Å². The van der Waals surface area contributed by atoms with Crippen LogP contribution in [0.4, 0.5) is 23.3 Å². The van der Waals surface area contributed by atoms with Crippen LogP contribution < -0.4 is 22.9 Å². The SMILES string of the molecule is Nc1n[nH]c(N)c1CC(=O)c1ccc(C(=O)Cc2c(N)n[nH]c2N)cc1. The fourth-order valence-electron chi connectivity index (χ4n) is 2.53. The second kappa shape index (κ2) is 6.59. The minimum Gasteiger partial charge on any atom is -0.384 e. The molecule has 10 heteroatoms. The molecule has 0 spiro atoms. The number of rotatable bonds is 6. The molecule has 3 aromatic rings. The fraction of sp³-hybridized carbons (Fsp3) is 0.125. The molecule has 0 saturated carbocycles. The highest BCUT2D eigenvalue weighted by Crippen LogP contribution is 2.20. The first-order chi connectivity index (χ1) is 12.4. The van der Waals surface area contributed by atoms with E-state index in [9.17, 15) is 9.59 Å². The first-order valence-corrected chi connectivity index (χ1v) is 7.69. The molecule has 10 N–H and O–H groups in total. The monoisotopic (exact) mass is 354 g/mol. The Morgan fingerprint density at radius 2 is 1.08 bits per heavy atom. The molecule has 2 aromatic heterocycles. The molecule has 0 atom stereocenters. The number of aromatic nitrogens is 4. The number of carbonyl (C=O) groups excluding carboxylic acids is 2. The second-order valence-electron chi connectivity index (χ2n) is 5.78. The van der Waals surface area contributed by atoms with Gasteiger partial charge in [-0.2, -0.15) is 10.2 Å². The molecule has 0 radical (unpaired) electrons. The molecule has 0 aliphatic heterocycles. The molecule has 2 heterocycles. The third-order valence-electron chi connectivity index (χ3n) is 4.07. The van der Waals surface area contributed by atoms with E-state index < -0.39 is 0 Å². The van der Waals surface area contributed by atoms with Crippen molar-refractivity contribution in [2.24, 2.45) is 0 Å². The second-order valence-corrected chi connectivity index (χ2v) is 5.78. The van der Waals surface area contributed by atoms with Gasteiger partial charge in [-0.15, -0.1) is 0 Å². The van der Waals surface area contributed by atoms with Crippen molar-refractivity contribution < 1.29 is 9.59 Å². The number of aromatic amines is 2. The van der Waals surface area contributed by atoms with Gasteiger partial charge in [0.1, 0.15) is 11.6 Å². The van der Waals surface area contributed by atoms with E-state index in [2.05, 4.69) is 20.4 Å². The summed E-state index contributed by atoms with van der Waals surface area (Å²) in [5.41, 5.74) is 24.5. The number of nitrogen functional groups attached to an aromatic ring is 4. The Morgan fingerprint density at radius 3 is 1.35 bits per heavy atom. The Kier molecular flexibility index (Phi) is 4.31. The Balaban J connectivity index is 1.72. The van der Waals surface area contributed by atoms with Crippen molar-refractivity contribution in [3.05, 3.63) is 46.5 Å². The number of nitrogens with zero attached hydrogens (tertiary/aromatic N) is 2. The molecule has 0 unspecified atom stereocenters. The molecule has 26 heavy (non-hydrogen) atoms. The number of ketones is 2. The lowest BCUT2D eigenvalue weighted by atomic mass is 9.99. The summed E-state index contributed by atoms with van der Waals surface area (Å²) < 4.78 is 0. The number of anilines is 4. The highest BCUT2D eigenvalue weighted by Gasteiger charge is 2.17. The van der Waals surface area contributed by atoms with Gasteiger partial charge in [-0.1, -0.05) is 24.3 Å². The summed E-state index contributed by atoms with van der Waals surface area (Å²) in [7, 11) is 0. The van der Waals surface area contributed by atoms with Crippen molar-refractivity contribution in [1.29, 1.82) is 0 Å². The number of hydrogen-bond acceptors (Lipinski definition) is 8. The van der Waals surface area contributed by atoms with Crippen LogP contribution in [0.3, 0.4) is 0 Å². The predicted octanol–water partition coefficient (Wildman–Crippen LogP) is 0.312. The average molecular weight is 354 g/mol. The molecule has 0 fully saturated rings. The summed E-state index contributed by atoms with van der Waals surface area (Å²) >= 11 is 0. The van der Waals surface area contributed by atoms with Crippen molar-refractivity contribution in [2.75, 3.05) is 22.9 Å². The normalized spacial score (nSPS) is 10.8. The summed E-state index contributed by atoms with van der Waals surface area (Å²) in [4.78, 5) is 24.7. The van der Waals surface area contributed by atoms with Gasteiger partial charge in [-0.3, -0.25) is 19.8 Å². The summed E-state index contributed by atoms with van der Waals surface area (Å²) in [5, 5.41) is 12.6. The van der Waals surface area contributed by atoms with Crippen molar-refractivity contribution >= 4 is 34.8 Å². The van der Waals surface area contributed by atoms with Crippen molar-refractivity contribution in [1.82, 2.24) is 20.4 Å². The zero-order valence-corrected chi connectivity index (χ0v) is 13.7. The van der Waals surface area contributed by atoms with E-state index in [1.165, 1.54) is 0 Å². The van der Waals surface area contributed by atoms with Crippen molar-refractivity contribution in [3.63, 3.8) is 0 Å². The van der Waals surface area contributed by atoms with Gasteiger partial charge in [-0.25, -0.2) is 0 Å². The zero-order chi connectivity index (χ0) is 18.8. The van der Waals surface area contributed by atoms with Crippen molar-refractivity contribution in [2.45, 2.75) is 12.8 Å². The van der Waals surface area contributed by atoms with E-state index in [-0.39, 0.29) is 47.7 Å². The smallest absolute Gasteiger partial charge is 0.167 e. The molecule has 1 aromatic carbocycles. The standard InChI is InChI=1S/C16H18N8O2/c17-13-9(14(18)22-21-13)5-11(25)7-1-2-8(4-3-7)12(26)6-10-15(19)23-24-16(10)20/h1-4H,5-6H2,(H5,17,18,21,22)(H5,19,20,23,24). The molecular weight excluding hydrogens is 336 g/mol. The molecule has 3 rings (SSSR count). The summed E-state index contributed by atoms with van der Waals surface area (Å²) in [6.45, 7) is 0. The molecule has 0 saturated heterocycles. The summed E-state index contributed by atoms with van der Waals surface area (Å²) in [6, 6.07) is 6.29. The molecule has 0 bridgehead atoms. The van der Waals surface area contributed by atoms with Crippen LogP contribution in [-0.4, -0.2) is 32.0 Å². The van der Waals surface area contributed by atoms with E-state index in [4.69, 9.17) is 22.9 Å². The number of H-pyrrole nitrogens is 2. The first-order valence-electron chi connectivity index (χ1n) is 7.69. The van der Waals surface area contributed by atoms with Gasteiger partial charge in [0.05, 0.1) is 0 Å². The minimum absolute atomic E-state index is 0.0174. The molecule has 134 valence electrons. The Bertz CT molecular complexity index is 853. The predicted molar refractivity (Wildman–Crippen MR) is 97.3 cm³/mol. The van der Waals surface area contributed by atoms with Crippen LogP contribution in [0.1, 0.15) is 31.8 Å². The van der Waals surface area contributed by atoms with E-state index in [1.807, 2.05) is 0 Å². The summed E-state index contributed by atoms with van der Waals surface area (Å²) in [5.74, 6) is 0.533. The maximum Gasteiger partial charge on any atom is 0.167 e. The van der Waals surface area contributed by atoms with Crippen LogP contribution in [0.2, 0.25) is 0 Å². The van der Waals surface area contributed by atoms with Gasteiger partial charge in [-0.05, 0) is 0 Å². The molecule has 0 aliphatic rings. The lowest BCUT2D eigenvalue weighted by Crippen LogP contribution is -2.09. The van der Waals surface area contributed by atoms with Crippen molar-refractivity contribution in [3.8, 4) is 0 Å². The molecule has 10 nitrogen and oxygen atoms in total. The van der Waals surface area contributed by atoms with Crippen LogP contribution in [0.15, 0.2) is 24.3 Å². The minimum atomic E-state index is -0.188. The number of Topliss-reactive ketones (excluding diaryl/α,β-unsaturated/α-hetero) is 2. The highest BCUT2D eigenvalue weighted by atomic mass is 16.1. The van der Waals surface area contributed by atoms with Gasteiger partial charge >= 0.3 is 0 Å². The maximum absolute atomic E-state index is 12.4. The molecular formula is C16H18N8O2. The highest BCUT2D eigenvalue weighted by molar-refractivity contribution is 6.02. The van der Waals surface area contributed by atoms with Crippen LogP contribution in [0.5, 0.6) is 0 Å². The lowest BCUT2D eigenvalue weighted by molar-refractivity contribution is 0.0981. The van der Waals surface area contributed by atoms with E-state index in [0.717, 1.165) is 0 Å². The Labute approximate surface area is 147 Å². The molecule has 0 amide bonds. The van der Waals surface area contributed by atoms with Gasteiger partial charge in [0.15, 0.2) is 23.2 Å². The molecule has 0 aliphatic carbocycles. The average Bonchev–Trinajstić information content (AvgIpc) is 3.12. The third kappa shape index (κ3) is 3.20. The summed E-state index contributed by atoms with van der Waals surface area (Å²) in [6.07, 6.45) is 0.0348. The van der Waals surface area contributed by atoms with E-state index in [1.54, 1.807) is 24.3 Å². The number of nitrogens with one attached hydrogen (secondary N) is 2. The third-order valence-corrected chi connectivity index (χ3v) is 4.07. The maximum atomic E-state index is 12.4. The zero-order valence-electron chi connectivity index (χ0n) is 13.7. The van der Waals surface area contributed by atoms with Crippen LogP contribution in [0, 0.1) is 0 Å². The number of hydrogen-bond donors (Lipinski definition) is 6. The first kappa shape index (κ1) is 17.0. The Hall–Kier alpha value is -3.82. The number of carbonyl (C=O) groups is 2.